The molecule has 0 spiro atoms. The number of ether oxygens (including phenoxy) is 1. The Morgan fingerprint density at radius 2 is 1.68 bits per heavy atom. The van der Waals surface area contributed by atoms with Crippen molar-refractivity contribution in [3.63, 3.8) is 0 Å². The monoisotopic (exact) mass is 421 g/mol. The topological polar surface area (TPSA) is 61.9 Å². The van der Waals surface area contributed by atoms with Gasteiger partial charge in [0.2, 0.25) is 11.8 Å². The van der Waals surface area contributed by atoms with Crippen molar-refractivity contribution in [2.24, 2.45) is 5.92 Å². The van der Waals surface area contributed by atoms with Crippen LogP contribution >= 0.6 is 0 Å². The van der Waals surface area contributed by atoms with Crippen LogP contribution in [-0.2, 0) is 20.7 Å². The van der Waals surface area contributed by atoms with Crippen molar-refractivity contribution in [3.8, 4) is 0 Å². The van der Waals surface area contributed by atoms with Crippen LogP contribution in [0.2, 0.25) is 0 Å². The maximum absolute atomic E-state index is 12.7. The van der Waals surface area contributed by atoms with E-state index < -0.39 is 0 Å². The Kier molecular flexibility index (Phi) is 6.56. The summed E-state index contributed by atoms with van der Waals surface area (Å²) in [5, 5.41) is 2.99. The number of carbonyl (C=O) groups excluding carboxylic acids is 2. The molecule has 2 fully saturated rings. The number of nitrogens with one attached hydrogen (secondary N) is 1. The van der Waals surface area contributed by atoms with Crippen molar-refractivity contribution in [1.29, 1.82) is 0 Å². The lowest BCUT2D eigenvalue weighted by atomic mass is 10.1. The number of benzene rings is 2. The molecule has 0 aliphatic carbocycles. The van der Waals surface area contributed by atoms with E-state index in [4.69, 9.17) is 4.74 Å². The predicted molar refractivity (Wildman–Crippen MR) is 122 cm³/mol. The molecule has 6 heteroatoms. The lowest BCUT2D eigenvalue weighted by Crippen LogP contribution is -2.45. The number of carbonyl (C=O) groups is 2. The molecule has 3 atom stereocenters. The third-order valence-corrected chi connectivity index (χ3v) is 6.02. The molecule has 2 amide bonds. The summed E-state index contributed by atoms with van der Waals surface area (Å²) < 4.78 is 5.80. The van der Waals surface area contributed by atoms with Crippen LogP contribution in [-0.4, -0.2) is 55.1 Å². The van der Waals surface area contributed by atoms with Gasteiger partial charge < -0.3 is 19.9 Å². The number of nitrogens with zero attached hydrogens (tertiary/aromatic N) is 2. The third-order valence-electron chi connectivity index (χ3n) is 6.02. The summed E-state index contributed by atoms with van der Waals surface area (Å²) in [7, 11) is 0. The van der Waals surface area contributed by atoms with Crippen LogP contribution in [0.25, 0.3) is 0 Å². The molecule has 2 saturated heterocycles. The minimum atomic E-state index is -0.302. The zero-order chi connectivity index (χ0) is 21.8. The zero-order valence-electron chi connectivity index (χ0n) is 18.3. The highest BCUT2D eigenvalue weighted by atomic mass is 16.5. The molecule has 3 unspecified atom stereocenters. The van der Waals surface area contributed by atoms with Gasteiger partial charge in [0.05, 0.1) is 18.1 Å². The SMILES string of the molecule is CC1CN(c2ccc(NC(=O)C3CC(=O)N(CCc4ccccc4)C3)cc2)CC(C)O1. The van der Waals surface area contributed by atoms with Crippen LogP contribution < -0.4 is 10.2 Å². The van der Waals surface area contributed by atoms with Crippen molar-refractivity contribution in [3.05, 3.63) is 60.2 Å². The van der Waals surface area contributed by atoms with Crippen LogP contribution in [0.15, 0.2) is 54.6 Å². The molecule has 2 aliphatic rings. The number of hydrogen-bond acceptors (Lipinski definition) is 4. The van der Waals surface area contributed by atoms with Crippen LogP contribution in [0.5, 0.6) is 0 Å². The molecule has 0 radical (unpaired) electrons. The van der Waals surface area contributed by atoms with Crippen LogP contribution in [0, 0.1) is 5.92 Å². The van der Waals surface area contributed by atoms with E-state index in [0.29, 0.717) is 13.1 Å². The minimum Gasteiger partial charge on any atom is -0.372 e. The molecule has 0 saturated carbocycles. The predicted octanol–water partition coefficient (Wildman–Crippen LogP) is 3.33. The summed E-state index contributed by atoms with van der Waals surface area (Å²) >= 11 is 0. The second-order valence-electron chi connectivity index (χ2n) is 8.67. The largest absolute Gasteiger partial charge is 0.372 e. The average Bonchev–Trinajstić information content (AvgIpc) is 3.13. The van der Waals surface area contributed by atoms with Crippen LogP contribution in [0.4, 0.5) is 11.4 Å². The fraction of sp³-hybridized carbons (Fsp3) is 0.440. The Balaban J connectivity index is 1.29. The molecule has 2 aliphatic heterocycles. The Hall–Kier alpha value is -2.86. The summed E-state index contributed by atoms with van der Waals surface area (Å²) in [4.78, 5) is 29.2. The van der Waals surface area contributed by atoms with Gasteiger partial charge in [-0.25, -0.2) is 0 Å². The molecule has 0 aromatic heterocycles. The van der Waals surface area contributed by atoms with Gasteiger partial charge in [-0.1, -0.05) is 30.3 Å². The van der Waals surface area contributed by atoms with Crippen LogP contribution in [0.3, 0.4) is 0 Å². The van der Waals surface area contributed by atoms with Gasteiger partial charge in [0.1, 0.15) is 0 Å². The van der Waals surface area contributed by atoms with Gasteiger partial charge in [0, 0.05) is 44.0 Å². The van der Waals surface area contributed by atoms with Gasteiger partial charge in [-0.05, 0) is 50.1 Å². The van der Waals surface area contributed by atoms with Crippen molar-refractivity contribution in [2.45, 2.75) is 38.9 Å². The number of anilines is 2. The average molecular weight is 422 g/mol. The summed E-state index contributed by atoms with van der Waals surface area (Å²) in [5.74, 6) is -0.331. The van der Waals surface area contributed by atoms with Gasteiger partial charge in [-0.2, -0.15) is 0 Å². The maximum atomic E-state index is 12.7. The smallest absolute Gasteiger partial charge is 0.229 e. The molecule has 4 rings (SSSR count). The summed E-state index contributed by atoms with van der Waals surface area (Å²) in [5.41, 5.74) is 3.09. The highest BCUT2D eigenvalue weighted by molar-refractivity contribution is 5.97. The lowest BCUT2D eigenvalue weighted by molar-refractivity contribution is -0.128. The van der Waals surface area contributed by atoms with E-state index in [1.54, 1.807) is 4.90 Å². The van der Waals surface area contributed by atoms with Gasteiger partial charge in [0.15, 0.2) is 0 Å². The molecule has 0 bridgehead atoms. The lowest BCUT2D eigenvalue weighted by Gasteiger charge is -2.36. The number of morpholine rings is 1. The third kappa shape index (κ3) is 5.44. The van der Waals surface area contributed by atoms with E-state index in [1.807, 2.05) is 42.5 Å². The second kappa shape index (κ2) is 9.52. The van der Waals surface area contributed by atoms with Gasteiger partial charge >= 0.3 is 0 Å². The number of rotatable bonds is 6. The van der Waals surface area contributed by atoms with Crippen molar-refractivity contribution >= 4 is 23.2 Å². The first kappa shape index (κ1) is 21.4. The first-order chi connectivity index (χ1) is 15.0. The fourth-order valence-electron chi connectivity index (χ4n) is 4.46. The fourth-order valence-corrected chi connectivity index (χ4v) is 4.46. The van der Waals surface area contributed by atoms with Crippen LogP contribution in [0.1, 0.15) is 25.8 Å². The number of likely N-dealkylation sites (tertiary alicyclic amines) is 1. The van der Waals surface area contributed by atoms with Gasteiger partial charge in [-0.15, -0.1) is 0 Å². The molecule has 2 aromatic carbocycles. The molecule has 6 nitrogen and oxygen atoms in total. The summed E-state index contributed by atoms with van der Waals surface area (Å²) in [6, 6.07) is 18.0. The second-order valence-corrected chi connectivity index (χ2v) is 8.67. The molecule has 2 aromatic rings. The van der Waals surface area contributed by atoms with E-state index in [2.05, 4.69) is 36.2 Å². The van der Waals surface area contributed by atoms with Crippen molar-refractivity contribution < 1.29 is 14.3 Å². The molecule has 164 valence electrons. The maximum Gasteiger partial charge on any atom is 0.229 e. The molecular weight excluding hydrogens is 390 g/mol. The van der Waals surface area contributed by atoms with E-state index in [0.717, 1.165) is 30.9 Å². The van der Waals surface area contributed by atoms with E-state index in [1.165, 1.54) is 5.56 Å². The first-order valence-corrected chi connectivity index (χ1v) is 11.1. The Bertz CT molecular complexity index is 890. The Labute approximate surface area is 184 Å². The normalized spacial score (nSPS) is 23.8. The molecule has 1 N–H and O–H groups in total. The first-order valence-electron chi connectivity index (χ1n) is 11.1. The molecule has 2 heterocycles. The van der Waals surface area contributed by atoms with Gasteiger partial charge in [-0.3, -0.25) is 9.59 Å². The van der Waals surface area contributed by atoms with E-state index in [-0.39, 0.29) is 36.4 Å². The zero-order valence-corrected chi connectivity index (χ0v) is 18.3. The number of hydrogen-bond donors (Lipinski definition) is 1. The molecular formula is C25H31N3O3. The Morgan fingerprint density at radius 3 is 2.35 bits per heavy atom. The molecule has 31 heavy (non-hydrogen) atoms. The van der Waals surface area contributed by atoms with Crippen molar-refractivity contribution in [2.75, 3.05) is 36.4 Å². The minimum absolute atomic E-state index is 0.0574. The summed E-state index contributed by atoms with van der Waals surface area (Å²) in [6.45, 7) is 7.03. The van der Waals surface area contributed by atoms with Gasteiger partial charge in [0.25, 0.3) is 0 Å². The van der Waals surface area contributed by atoms with Crippen molar-refractivity contribution in [1.82, 2.24) is 4.90 Å². The quantitative estimate of drug-likeness (QED) is 0.777. The Morgan fingerprint density at radius 1 is 1.00 bits per heavy atom. The highest BCUT2D eigenvalue weighted by Gasteiger charge is 2.34. The van der Waals surface area contributed by atoms with E-state index in [9.17, 15) is 9.59 Å². The summed E-state index contributed by atoms with van der Waals surface area (Å²) in [6.07, 6.45) is 1.49. The van der Waals surface area contributed by atoms with E-state index >= 15 is 0 Å². The standard InChI is InChI=1S/C25H31N3O3/c1-18-15-28(16-19(2)31-18)23-10-8-22(9-11-23)26-25(30)21-14-24(29)27(17-21)13-12-20-6-4-3-5-7-20/h3-11,18-19,21H,12-17H2,1-2H3,(H,26,30). The highest BCUT2D eigenvalue weighted by Crippen LogP contribution is 2.24. The number of amides is 2.